The van der Waals surface area contributed by atoms with Gasteiger partial charge in [-0.05, 0) is 25.5 Å². The van der Waals surface area contributed by atoms with E-state index in [0.717, 1.165) is 0 Å². The van der Waals surface area contributed by atoms with Gasteiger partial charge in [-0.2, -0.15) is 0 Å². The molecule has 0 bridgehead atoms. The summed E-state index contributed by atoms with van der Waals surface area (Å²) >= 11 is 5.43. The van der Waals surface area contributed by atoms with E-state index in [1.165, 1.54) is 19.1 Å². The fraction of sp³-hybridized carbons (Fsp3) is 0.333. The van der Waals surface area contributed by atoms with Gasteiger partial charge < -0.3 is 4.74 Å². The van der Waals surface area contributed by atoms with Crippen molar-refractivity contribution in [1.29, 1.82) is 0 Å². The molecule has 0 aromatic heterocycles. The molecule has 0 aromatic carbocycles. The molecule has 0 rings (SSSR count). The average Bonchev–Trinajstić information content (AvgIpc) is 2.00. The quantitative estimate of drug-likeness (QED) is 0.519. The minimum Gasteiger partial charge on any atom is -0.405 e. The molecule has 5 heteroatoms. The first kappa shape index (κ1) is 13.1. The van der Waals surface area contributed by atoms with Crippen molar-refractivity contribution in [3.05, 3.63) is 35.1 Å². The molecule has 0 aliphatic heterocycles. The predicted octanol–water partition coefficient (Wildman–Crippen LogP) is 4.13. The van der Waals surface area contributed by atoms with Crippen molar-refractivity contribution in [2.75, 3.05) is 0 Å². The van der Waals surface area contributed by atoms with Crippen molar-refractivity contribution in [1.82, 2.24) is 0 Å². The van der Waals surface area contributed by atoms with Crippen LogP contribution in [0.2, 0.25) is 0 Å². The van der Waals surface area contributed by atoms with E-state index < -0.39 is 12.1 Å². The van der Waals surface area contributed by atoms with Crippen LogP contribution in [0.1, 0.15) is 13.8 Å². The molecule has 0 spiro atoms. The summed E-state index contributed by atoms with van der Waals surface area (Å²) in [5, 5.41) is -0.0662. The van der Waals surface area contributed by atoms with E-state index in [0.29, 0.717) is 5.57 Å². The van der Waals surface area contributed by atoms with Crippen molar-refractivity contribution in [3.8, 4) is 0 Å². The van der Waals surface area contributed by atoms with Gasteiger partial charge in [0.05, 0.1) is 5.03 Å². The lowest BCUT2D eigenvalue weighted by molar-refractivity contribution is -0.303. The van der Waals surface area contributed by atoms with Gasteiger partial charge in [-0.15, -0.1) is 13.2 Å². The molecule has 0 saturated heterocycles. The second-order valence-electron chi connectivity index (χ2n) is 2.54. The Morgan fingerprint density at radius 2 is 1.86 bits per heavy atom. The van der Waals surface area contributed by atoms with Crippen LogP contribution in [0.4, 0.5) is 13.2 Å². The van der Waals surface area contributed by atoms with Crippen LogP contribution in [-0.2, 0) is 4.74 Å². The van der Waals surface area contributed by atoms with Crippen LogP contribution in [0.15, 0.2) is 35.1 Å². The molecule has 0 amide bonds. The highest BCUT2D eigenvalue weighted by atomic mass is 35.5. The Hall–Kier alpha value is -0.900. The van der Waals surface area contributed by atoms with E-state index in [-0.39, 0.29) is 5.03 Å². The molecule has 14 heavy (non-hydrogen) atoms. The molecular formula is C9H10ClF3O. The van der Waals surface area contributed by atoms with Gasteiger partial charge in [-0.1, -0.05) is 24.3 Å². The summed E-state index contributed by atoms with van der Waals surface area (Å²) in [7, 11) is 0. The van der Waals surface area contributed by atoms with Crippen LogP contribution in [0.3, 0.4) is 0 Å². The topological polar surface area (TPSA) is 9.23 Å². The van der Waals surface area contributed by atoms with Crippen LogP contribution >= 0.6 is 11.6 Å². The van der Waals surface area contributed by atoms with E-state index in [4.69, 9.17) is 11.6 Å². The summed E-state index contributed by atoms with van der Waals surface area (Å²) in [6.45, 7) is 6.30. The monoisotopic (exact) mass is 226 g/mol. The van der Waals surface area contributed by atoms with E-state index in [1.54, 1.807) is 6.92 Å². The predicted molar refractivity (Wildman–Crippen MR) is 49.6 cm³/mol. The van der Waals surface area contributed by atoms with Gasteiger partial charge >= 0.3 is 6.36 Å². The summed E-state index contributed by atoms with van der Waals surface area (Å²) in [4.78, 5) is 0. The molecule has 0 saturated carbocycles. The highest BCUT2D eigenvalue weighted by Crippen LogP contribution is 2.25. The number of rotatable bonds is 3. The lowest BCUT2D eigenvalue weighted by Crippen LogP contribution is -2.12. The molecule has 0 N–H and O–H groups in total. The molecule has 0 atom stereocenters. The number of halogens is 4. The third-order valence-electron chi connectivity index (χ3n) is 1.25. The molecule has 1 nitrogen and oxygen atoms in total. The molecule has 0 aliphatic rings. The Morgan fingerprint density at radius 1 is 1.36 bits per heavy atom. The van der Waals surface area contributed by atoms with Crippen molar-refractivity contribution in [2.24, 2.45) is 0 Å². The number of allylic oxidation sites excluding steroid dienone is 4. The van der Waals surface area contributed by atoms with Crippen molar-refractivity contribution in [3.63, 3.8) is 0 Å². The van der Waals surface area contributed by atoms with Gasteiger partial charge in [-0.3, -0.25) is 0 Å². The SMILES string of the molecule is C=C/C(C)=C\C(OC(F)(F)F)=C(/C)Cl. The second kappa shape index (κ2) is 5.10. The van der Waals surface area contributed by atoms with E-state index in [2.05, 4.69) is 11.3 Å². The van der Waals surface area contributed by atoms with Crippen LogP contribution in [0.25, 0.3) is 0 Å². The van der Waals surface area contributed by atoms with Crippen molar-refractivity contribution >= 4 is 11.6 Å². The summed E-state index contributed by atoms with van der Waals surface area (Å²) in [6, 6.07) is 0. The zero-order valence-corrected chi connectivity index (χ0v) is 8.54. The normalized spacial score (nSPS) is 14.9. The lowest BCUT2D eigenvalue weighted by Gasteiger charge is -2.10. The Bertz CT molecular complexity index is 272. The Kier molecular flexibility index (Phi) is 4.77. The molecule has 0 aromatic rings. The van der Waals surface area contributed by atoms with Crippen molar-refractivity contribution < 1.29 is 17.9 Å². The van der Waals surface area contributed by atoms with Gasteiger partial charge in [0.2, 0.25) is 0 Å². The summed E-state index contributed by atoms with van der Waals surface area (Å²) in [5.41, 5.74) is 0.532. The van der Waals surface area contributed by atoms with Gasteiger partial charge in [0.15, 0.2) is 0 Å². The minimum absolute atomic E-state index is 0.0662. The molecule has 0 fully saturated rings. The molecule has 0 heterocycles. The first-order chi connectivity index (χ1) is 6.26. The average molecular weight is 227 g/mol. The highest BCUT2D eigenvalue weighted by Gasteiger charge is 2.32. The Morgan fingerprint density at radius 3 is 2.14 bits per heavy atom. The van der Waals surface area contributed by atoms with E-state index >= 15 is 0 Å². The number of ether oxygens (including phenoxy) is 1. The standard InChI is InChI=1S/C9H10ClF3O/c1-4-6(2)5-8(7(3)10)14-9(11,12)13/h4-5H,1H2,2-3H3/b6-5-,8-7-. The van der Waals surface area contributed by atoms with Crippen molar-refractivity contribution in [2.45, 2.75) is 20.2 Å². The maximum atomic E-state index is 11.9. The van der Waals surface area contributed by atoms with Gasteiger partial charge in [-0.25, -0.2) is 0 Å². The number of hydrogen-bond acceptors (Lipinski definition) is 1. The molecular weight excluding hydrogens is 217 g/mol. The minimum atomic E-state index is -4.73. The Balaban J connectivity index is 4.84. The summed E-state index contributed by atoms with van der Waals surface area (Å²) in [5.74, 6) is -0.420. The van der Waals surface area contributed by atoms with E-state index in [1.807, 2.05) is 0 Å². The van der Waals surface area contributed by atoms with Crippen LogP contribution in [0.5, 0.6) is 0 Å². The fourth-order valence-corrected chi connectivity index (χ4v) is 0.683. The van der Waals surface area contributed by atoms with Crippen LogP contribution < -0.4 is 0 Å². The summed E-state index contributed by atoms with van der Waals surface area (Å²) in [6.07, 6.45) is -2.16. The van der Waals surface area contributed by atoms with E-state index in [9.17, 15) is 13.2 Å². The highest BCUT2D eigenvalue weighted by molar-refractivity contribution is 6.29. The summed E-state index contributed by atoms with van der Waals surface area (Å²) < 4.78 is 39.2. The third-order valence-corrected chi connectivity index (χ3v) is 1.43. The third kappa shape index (κ3) is 5.70. The zero-order chi connectivity index (χ0) is 11.4. The van der Waals surface area contributed by atoms with Gasteiger partial charge in [0, 0.05) is 0 Å². The molecule has 0 unspecified atom stereocenters. The van der Waals surface area contributed by atoms with Gasteiger partial charge in [0.25, 0.3) is 0 Å². The van der Waals surface area contributed by atoms with Crippen LogP contribution in [-0.4, -0.2) is 6.36 Å². The molecule has 0 aliphatic carbocycles. The molecule has 0 radical (unpaired) electrons. The smallest absolute Gasteiger partial charge is 0.405 e. The maximum Gasteiger partial charge on any atom is 0.573 e. The second-order valence-corrected chi connectivity index (χ2v) is 3.10. The lowest BCUT2D eigenvalue weighted by atomic mass is 10.2. The largest absolute Gasteiger partial charge is 0.573 e. The molecule has 80 valence electrons. The number of alkyl halides is 3. The first-order valence-electron chi connectivity index (χ1n) is 3.69. The van der Waals surface area contributed by atoms with Gasteiger partial charge in [0.1, 0.15) is 5.76 Å². The first-order valence-corrected chi connectivity index (χ1v) is 4.07. The Labute approximate surface area is 85.5 Å². The zero-order valence-electron chi connectivity index (χ0n) is 7.78. The van der Waals surface area contributed by atoms with Crippen LogP contribution in [0, 0.1) is 0 Å². The number of hydrogen-bond donors (Lipinski definition) is 0. The fourth-order valence-electron chi connectivity index (χ4n) is 0.590. The maximum absolute atomic E-state index is 11.9.